The molecule has 0 spiro atoms. The van der Waals surface area contributed by atoms with Crippen molar-refractivity contribution in [2.75, 3.05) is 7.11 Å². The molecule has 0 saturated heterocycles. The number of ether oxygens (including phenoxy) is 2. The van der Waals surface area contributed by atoms with Crippen LogP contribution in [0.5, 0.6) is 11.5 Å². The number of aromatic nitrogens is 2. The molecule has 0 unspecified atom stereocenters. The molecule has 11 nitrogen and oxygen atoms in total. The van der Waals surface area contributed by atoms with Gasteiger partial charge in [-0.25, -0.2) is 10.2 Å². The maximum Gasteiger partial charge on any atom is 0.350 e. The number of carbonyl (C=O) groups excluding carboxylic acids is 2. The first-order valence-electron chi connectivity index (χ1n) is 9.86. The summed E-state index contributed by atoms with van der Waals surface area (Å²) in [6.07, 6.45) is 1.39. The van der Waals surface area contributed by atoms with Crippen LogP contribution in [-0.4, -0.2) is 39.9 Å². The molecule has 1 N–H and O–H groups in total. The highest BCUT2D eigenvalue weighted by molar-refractivity contribution is 9.10. The number of esters is 1. The van der Waals surface area contributed by atoms with Crippen molar-refractivity contribution >= 4 is 39.7 Å². The van der Waals surface area contributed by atoms with Crippen LogP contribution >= 0.6 is 15.9 Å². The molecule has 0 fully saturated rings. The maximum atomic E-state index is 12.5. The molecule has 34 heavy (non-hydrogen) atoms. The van der Waals surface area contributed by atoms with Crippen LogP contribution in [0.25, 0.3) is 0 Å². The van der Waals surface area contributed by atoms with Crippen LogP contribution in [0.3, 0.4) is 0 Å². The van der Waals surface area contributed by atoms with E-state index in [9.17, 15) is 19.7 Å². The number of aryl methyl sites for hydroxylation is 1. The van der Waals surface area contributed by atoms with Crippen LogP contribution in [0.15, 0.2) is 52.0 Å². The first-order valence-corrected chi connectivity index (χ1v) is 10.7. The highest BCUT2D eigenvalue weighted by atomic mass is 79.9. The van der Waals surface area contributed by atoms with Crippen LogP contribution in [0.2, 0.25) is 0 Å². The lowest BCUT2D eigenvalue weighted by Gasteiger charge is -2.10. The summed E-state index contributed by atoms with van der Waals surface area (Å²) < 4.78 is 13.0. The summed E-state index contributed by atoms with van der Waals surface area (Å²) >= 11 is 3.41. The van der Waals surface area contributed by atoms with Gasteiger partial charge in [0.25, 0.3) is 11.6 Å². The average Bonchev–Trinajstić information content (AvgIpc) is 3.06. The second-order valence-electron chi connectivity index (χ2n) is 7.01. The summed E-state index contributed by atoms with van der Waals surface area (Å²) in [5.74, 6) is -0.983. The normalized spacial score (nSPS) is 10.8. The SMILES string of the molecule is COc1cc(/C=N\NC(=O)Cn2nc(C)c(Br)c2C)ccc1OC(=O)c1ccccc1[N+](=O)[O-]. The lowest BCUT2D eigenvalue weighted by molar-refractivity contribution is -0.385. The lowest BCUT2D eigenvalue weighted by atomic mass is 10.2. The van der Waals surface area contributed by atoms with E-state index in [1.807, 2.05) is 13.8 Å². The van der Waals surface area contributed by atoms with Gasteiger partial charge < -0.3 is 9.47 Å². The largest absolute Gasteiger partial charge is 0.493 e. The number of carbonyl (C=O) groups is 2. The number of hydrazone groups is 1. The molecule has 1 amide bonds. The van der Waals surface area contributed by atoms with Gasteiger partial charge in [-0.2, -0.15) is 10.2 Å². The molecule has 0 radical (unpaired) electrons. The van der Waals surface area contributed by atoms with Crippen molar-refractivity contribution in [1.82, 2.24) is 15.2 Å². The van der Waals surface area contributed by atoms with Crippen LogP contribution < -0.4 is 14.9 Å². The Labute approximate surface area is 202 Å². The second-order valence-corrected chi connectivity index (χ2v) is 7.80. The monoisotopic (exact) mass is 529 g/mol. The number of methoxy groups -OCH3 is 1. The van der Waals surface area contributed by atoms with E-state index in [0.29, 0.717) is 5.56 Å². The summed E-state index contributed by atoms with van der Waals surface area (Å²) in [6, 6.07) is 10.1. The van der Waals surface area contributed by atoms with Gasteiger partial charge >= 0.3 is 5.97 Å². The van der Waals surface area contributed by atoms with E-state index in [2.05, 4.69) is 31.6 Å². The van der Waals surface area contributed by atoms with Gasteiger partial charge in [0, 0.05) is 6.07 Å². The smallest absolute Gasteiger partial charge is 0.350 e. The van der Waals surface area contributed by atoms with Gasteiger partial charge in [0.1, 0.15) is 12.1 Å². The number of amides is 1. The van der Waals surface area contributed by atoms with Crippen LogP contribution in [0.4, 0.5) is 5.69 Å². The van der Waals surface area contributed by atoms with Crippen molar-refractivity contribution in [3.63, 3.8) is 0 Å². The number of nitrogens with one attached hydrogen (secondary N) is 1. The zero-order valence-corrected chi connectivity index (χ0v) is 20.0. The van der Waals surface area contributed by atoms with E-state index < -0.39 is 10.9 Å². The average molecular weight is 530 g/mol. The number of para-hydroxylation sites is 1. The molecule has 1 heterocycles. The molecule has 0 atom stereocenters. The number of rotatable bonds is 8. The van der Waals surface area contributed by atoms with E-state index >= 15 is 0 Å². The predicted octanol–water partition coefficient (Wildman–Crippen LogP) is 3.55. The third-order valence-electron chi connectivity index (χ3n) is 4.70. The van der Waals surface area contributed by atoms with Gasteiger partial charge in [0.2, 0.25) is 0 Å². The van der Waals surface area contributed by atoms with E-state index in [-0.39, 0.29) is 35.2 Å². The van der Waals surface area contributed by atoms with Crippen molar-refractivity contribution in [3.05, 3.63) is 79.6 Å². The van der Waals surface area contributed by atoms with Crippen LogP contribution in [0, 0.1) is 24.0 Å². The Morgan fingerprint density at radius 2 is 1.97 bits per heavy atom. The molecule has 0 aliphatic heterocycles. The standard InChI is InChI=1S/C22H20BrN5O6/c1-13-21(23)14(2)27(26-13)12-20(29)25-24-11-15-8-9-18(19(10-15)33-3)34-22(30)16-6-4-5-7-17(16)28(31)32/h4-11H,12H2,1-3H3,(H,25,29)/b24-11-. The van der Waals surface area contributed by atoms with E-state index in [0.717, 1.165) is 15.9 Å². The van der Waals surface area contributed by atoms with Crippen LogP contribution in [-0.2, 0) is 11.3 Å². The van der Waals surface area contributed by atoms with Gasteiger partial charge in [-0.3, -0.25) is 19.6 Å². The summed E-state index contributed by atoms with van der Waals surface area (Å²) in [5.41, 5.74) is 4.04. The summed E-state index contributed by atoms with van der Waals surface area (Å²) in [6.45, 7) is 3.68. The molecule has 12 heteroatoms. The fourth-order valence-corrected chi connectivity index (χ4v) is 3.27. The molecule has 0 bridgehead atoms. The number of hydrogen-bond donors (Lipinski definition) is 1. The zero-order chi connectivity index (χ0) is 24.8. The summed E-state index contributed by atoms with van der Waals surface area (Å²) in [7, 11) is 1.38. The maximum absolute atomic E-state index is 12.5. The Morgan fingerprint density at radius 3 is 2.62 bits per heavy atom. The van der Waals surface area contributed by atoms with Gasteiger partial charge in [-0.15, -0.1) is 0 Å². The number of halogens is 1. The first kappa shape index (κ1) is 24.6. The molecule has 0 aliphatic carbocycles. The van der Waals surface area contributed by atoms with Gasteiger partial charge in [0.15, 0.2) is 11.5 Å². The zero-order valence-electron chi connectivity index (χ0n) is 18.4. The molecular formula is C22H20BrN5O6. The van der Waals surface area contributed by atoms with Crippen molar-refractivity contribution < 1.29 is 24.0 Å². The number of benzene rings is 2. The molecule has 2 aromatic carbocycles. The van der Waals surface area contributed by atoms with Gasteiger partial charge in [-0.05, 0) is 59.6 Å². The Morgan fingerprint density at radius 1 is 1.24 bits per heavy atom. The molecule has 3 rings (SSSR count). The highest BCUT2D eigenvalue weighted by Gasteiger charge is 2.22. The minimum atomic E-state index is -0.893. The quantitative estimate of drug-likeness (QED) is 0.155. The van der Waals surface area contributed by atoms with Gasteiger partial charge in [-0.1, -0.05) is 12.1 Å². The molecule has 0 saturated carbocycles. The fourth-order valence-electron chi connectivity index (χ4n) is 2.99. The van der Waals surface area contributed by atoms with E-state index in [1.54, 1.807) is 10.7 Å². The van der Waals surface area contributed by atoms with E-state index in [4.69, 9.17) is 9.47 Å². The predicted molar refractivity (Wildman–Crippen MR) is 126 cm³/mol. The van der Waals surface area contributed by atoms with Crippen LogP contribution in [0.1, 0.15) is 27.3 Å². The van der Waals surface area contributed by atoms with E-state index in [1.165, 1.54) is 49.7 Å². The topological polar surface area (TPSA) is 138 Å². The fraction of sp³-hybridized carbons (Fsp3) is 0.182. The first-order chi connectivity index (χ1) is 16.2. The molecule has 0 aliphatic rings. The molecule has 1 aromatic heterocycles. The minimum Gasteiger partial charge on any atom is -0.493 e. The highest BCUT2D eigenvalue weighted by Crippen LogP contribution is 2.29. The number of nitro groups is 1. The van der Waals surface area contributed by atoms with Crippen molar-refractivity contribution in [1.29, 1.82) is 0 Å². The molecular weight excluding hydrogens is 510 g/mol. The molecule has 3 aromatic rings. The number of nitro benzene ring substituents is 1. The third kappa shape index (κ3) is 5.64. The summed E-state index contributed by atoms with van der Waals surface area (Å²) in [4.78, 5) is 35.1. The summed E-state index contributed by atoms with van der Waals surface area (Å²) in [5, 5.41) is 19.3. The lowest BCUT2D eigenvalue weighted by Crippen LogP contribution is -2.24. The minimum absolute atomic E-state index is 0.000549. The Hall–Kier alpha value is -4.06. The van der Waals surface area contributed by atoms with Crippen molar-refractivity contribution in [2.24, 2.45) is 5.10 Å². The number of hydrogen-bond acceptors (Lipinski definition) is 8. The Bertz CT molecular complexity index is 1290. The van der Waals surface area contributed by atoms with Crippen molar-refractivity contribution in [3.8, 4) is 11.5 Å². The van der Waals surface area contributed by atoms with Crippen molar-refractivity contribution in [2.45, 2.75) is 20.4 Å². The van der Waals surface area contributed by atoms with Gasteiger partial charge in [0.05, 0.1) is 34.1 Å². The third-order valence-corrected chi connectivity index (χ3v) is 5.85. The number of nitrogens with zero attached hydrogens (tertiary/aromatic N) is 4. The second kappa shape index (κ2) is 10.7. The Kier molecular flexibility index (Phi) is 7.74. The molecule has 176 valence electrons. The Balaban J connectivity index is 1.67.